The van der Waals surface area contributed by atoms with Crippen LogP contribution in [0.3, 0.4) is 0 Å². The van der Waals surface area contributed by atoms with Gasteiger partial charge in [0, 0.05) is 35.9 Å². The number of aromatic nitrogens is 1. The predicted octanol–water partition coefficient (Wildman–Crippen LogP) is 4.41. The molecule has 1 amide bonds. The van der Waals surface area contributed by atoms with Crippen LogP contribution in [-0.2, 0) is 4.79 Å². The number of rotatable bonds is 7. The van der Waals surface area contributed by atoms with Crippen LogP contribution in [0.1, 0.15) is 88.6 Å². The molecule has 0 spiro atoms. The van der Waals surface area contributed by atoms with E-state index in [1.807, 2.05) is 24.4 Å². The number of nitrogens with one attached hydrogen (secondary N) is 3. The normalized spacial score (nSPS) is 33.3. The number of hydrazine groups is 1. The van der Waals surface area contributed by atoms with Crippen LogP contribution in [0.5, 0.6) is 0 Å². The molecular weight excluding hydrogens is 474 g/mol. The first kappa shape index (κ1) is 25.8. The molecule has 38 heavy (non-hydrogen) atoms. The quantitative estimate of drug-likeness (QED) is 0.435. The second kappa shape index (κ2) is 10.9. The number of aliphatic hydroxyl groups is 1. The van der Waals surface area contributed by atoms with E-state index < -0.39 is 0 Å². The summed E-state index contributed by atoms with van der Waals surface area (Å²) in [5.74, 6) is 1.04. The van der Waals surface area contributed by atoms with Gasteiger partial charge in [-0.1, -0.05) is 32.0 Å². The van der Waals surface area contributed by atoms with Crippen molar-refractivity contribution < 1.29 is 9.90 Å². The van der Waals surface area contributed by atoms with E-state index in [1.54, 1.807) is 0 Å². The van der Waals surface area contributed by atoms with Gasteiger partial charge in [-0.05, 0) is 93.0 Å². The van der Waals surface area contributed by atoms with Gasteiger partial charge in [-0.25, -0.2) is 5.43 Å². The second-order valence-corrected chi connectivity index (χ2v) is 12.5. The fraction of sp³-hybridized carbons (Fsp3) is 0.613. The molecule has 7 nitrogen and oxygen atoms in total. The van der Waals surface area contributed by atoms with Crippen molar-refractivity contribution in [1.29, 1.82) is 0 Å². The molecule has 1 aromatic carbocycles. The molecule has 1 aliphatic carbocycles. The summed E-state index contributed by atoms with van der Waals surface area (Å²) >= 11 is 0. The lowest BCUT2D eigenvalue weighted by Crippen LogP contribution is -2.44. The Bertz CT molecular complexity index is 1080. The van der Waals surface area contributed by atoms with E-state index in [0.717, 1.165) is 44.2 Å². The summed E-state index contributed by atoms with van der Waals surface area (Å²) in [6, 6.07) is 16.5. The van der Waals surface area contributed by atoms with E-state index in [-0.39, 0.29) is 30.0 Å². The summed E-state index contributed by atoms with van der Waals surface area (Å²) in [4.78, 5) is 20.6. The van der Waals surface area contributed by atoms with Gasteiger partial charge in [0.05, 0.1) is 23.9 Å². The Labute approximate surface area is 226 Å². The molecule has 3 aliphatic heterocycles. The summed E-state index contributed by atoms with van der Waals surface area (Å²) in [7, 11) is 0. The van der Waals surface area contributed by atoms with Crippen LogP contribution in [-0.4, -0.2) is 40.2 Å². The third-order valence-electron chi connectivity index (χ3n) is 9.45. The molecule has 4 N–H and O–H groups in total. The van der Waals surface area contributed by atoms with Gasteiger partial charge in [0.1, 0.15) is 0 Å². The minimum atomic E-state index is -0.144. The van der Waals surface area contributed by atoms with Gasteiger partial charge in [0.25, 0.3) is 0 Å². The topological polar surface area (TPSA) is 89.5 Å². The Morgan fingerprint density at radius 3 is 2.47 bits per heavy atom. The van der Waals surface area contributed by atoms with Gasteiger partial charge in [-0.15, -0.1) is 0 Å². The summed E-state index contributed by atoms with van der Waals surface area (Å²) in [6.45, 7) is 4.39. The minimum Gasteiger partial charge on any atom is -0.393 e. The molecule has 2 bridgehead atoms. The maximum Gasteiger partial charge on any atom is 0.223 e. The highest BCUT2D eigenvalue weighted by atomic mass is 16.3. The van der Waals surface area contributed by atoms with E-state index in [1.165, 1.54) is 24.1 Å². The molecular formula is C31H43N5O2. The fourth-order valence-corrected chi connectivity index (χ4v) is 7.65. The smallest absolute Gasteiger partial charge is 0.223 e. The number of hydrogen-bond acceptors (Lipinski definition) is 6. The van der Waals surface area contributed by atoms with Crippen molar-refractivity contribution in [2.45, 2.75) is 102 Å². The fourth-order valence-electron chi connectivity index (χ4n) is 7.65. The predicted molar refractivity (Wildman–Crippen MR) is 149 cm³/mol. The molecule has 4 unspecified atom stereocenters. The summed E-state index contributed by atoms with van der Waals surface area (Å²) in [5.41, 5.74) is 10.6. The number of benzene rings is 1. The zero-order valence-electron chi connectivity index (χ0n) is 22.7. The number of pyridine rings is 1. The van der Waals surface area contributed by atoms with Gasteiger partial charge >= 0.3 is 0 Å². The van der Waals surface area contributed by atoms with Crippen molar-refractivity contribution in [2.24, 2.45) is 17.8 Å². The van der Waals surface area contributed by atoms with Crippen LogP contribution in [0.15, 0.2) is 48.7 Å². The molecule has 4 heterocycles. The van der Waals surface area contributed by atoms with Crippen LogP contribution < -0.4 is 21.1 Å². The number of piperidine rings is 1. The van der Waals surface area contributed by atoms with E-state index >= 15 is 0 Å². The summed E-state index contributed by atoms with van der Waals surface area (Å²) in [5, 5.41) is 13.5. The van der Waals surface area contributed by atoms with Crippen LogP contribution >= 0.6 is 0 Å². The van der Waals surface area contributed by atoms with E-state index in [0.29, 0.717) is 30.0 Å². The third-order valence-corrected chi connectivity index (χ3v) is 9.45. The van der Waals surface area contributed by atoms with Gasteiger partial charge in [-0.3, -0.25) is 15.2 Å². The zero-order valence-corrected chi connectivity index (χ0v) is 22.7. The maximum atomic E-state index is 13.5. The standard InChI is InChI=1S/C31H43N5O2/c1-19(2)15-29(28-5-3-4-14-32-28)33-31(38)21-8-13-27-26(16-21)30(35-34-27)20-6-9-22(10-7-20)36-23-11-12-24(36)18-25(37)17-23/h3-7,9-10,14,19,21,23-27,29-30,34-35,37H,8,11-13,15-18H2,1-2H3,(H,33,38)/t21?,23-,24-,26?,27?,29+,30?/m0/s1. The number of carbonyl (C=O) groups excluding carboxylic acids is 1. The van der Waals surface area contributed by atoms with Gasteiger partial charge in [0.15, 0.2) is 0 Å². The number of amides is 1. The summed E-state index contributed by atoms with van der Waals surface area (Å²) < 4.78 is 0. The van der Waals surface area contributed by atoms with Gasteiger partial charge in [-0.2, -0.15) is 0 Å². The lowest BCUT2D eigenvalue weighted by atomic mass is 9.74. The first-order valence-electron chi connectivity index (χ1n) is 14.7. The number of hydrogen-bond donors (Lipinski definition) is 4. The van der Waals surface area contributed by atoms with E-state index in [4.69, 9.17) is 0 Å². The average molecular weight is 518 g/mol. The molecule has 2 aromatic rings. The lowest BCUT2D eigenvalue weighted by molar-refractivity contribution is -0.127. The molecule has 204 valence electrons. The molecule has 7 heteroatoms. The third kappa shape index (κ3) is 5.21. The SMILES string of the molecule is CC(C)C[C@@H](NC(=O)C1CCC2NNC(c3ccc(N4[C@H]5CC[C@H]4CC(O)C5)cc3)C2C1)c1ccccn1. The number of fused-ring (bicyclic) bond motifs is 3. The van der Waals surface area contributed by atoms with Crippen LogP contribution in [0, 0.1) is 17.8 Å². The highest BCUT2D eigenvalue weighted by Gasteiger charge is 2.44. The average Bonchev–Trinajstić information content (AvgIpc) is 3.46. The Hall–Kier alpha value is -2.48. The molecule has 1 aromatic heterocycles. The van der Waals surface area contributed by atoms with Crippen molar-refractivity contribution >= 4 is 11.6 Å². The molecule has 3 saturated heterocycles. The van der Waals surface area contributed by atoms with Crippen molar-refractivity contribution in [2.75, 3.05) is 4.90 Å². The van der Waals surface area contributed by atoms with E-state index in [9.17, 15) is 9.90 Å². The molecule has 6 rings (SSSR count). The molecule has 4 fully saturated rings. The Morgan fingerprint density at radius 2 is 1.79 bits per heavy atom. The number of carbonyl (C=O) groups is 1. The zero-order chi connectivity index (χ0) is 26.2. The van der Waals surface area contributed by atoms with Gasteiger partial charge < -0.3 is 15.3 Å². The first-order chi connectivity index (χ1) is 18.5. The van der Waals surface area contributed by atoms with Crippen molar-refractivity contribution in [1.82, 2.24) is 21.2 Å². The van der Waals surface area contributed by atoms with Crippen LogP contribution in [0.25, 0.3) is 0 Å². The maximum absolute atomic E-state index is 13.5. The largest absolute Gasteiger partial charge is 0.393 e. The lowest BCUT2D eigenvalue weighted by Gasteiger charge is -2.39. The Balaban J connectivity index is 1.12. The van der Waals surface area contributed by atoms with Crippen molar-refractivity contribution in [3.05, 3.63) is 59.9 Å². The number of anilines is 1. The highest BCUT2D eigenvalue weighted by molar-refractivity contribution is 5.79. The first-order valence-corrected chi connectivity index (χ1v) is 14.7. The summed E-state index contributed by atoms with van der Waals surface area (Å²) in [6.07, 6.45) is 9.49. The molecule has 4 aliphatic rings. The van der Waals surface area contributed by atoms with Crippen LogP contribution in [0.4, 0.5) is 5.69 Å². The van der Waals surface area contributed by atoms with Crippen molar-refractivity contribution in [3.63, 3.8) is 0 Å². The monoisotopic (exact) mass is 517 g/mol. The molecule has 1 saturated carbocycles. The minimum absolute atomic E-state index is 0.0218. The second-order valence-electron chi connectivity index (χ2n) is 12.5. The van der Waals surface area contributed by atoms with Gasteiger partial charge in [0.2, 0.25) is 5.91 Å². The Morgan fingerprint density at radius 1 is 1.03 bits per heavy atom. The van der Waals surface area contributed by atoms with Crippen molar-refractivity contribution in [3.8, 4) is 0 Å². The highest BCUT2D eigenvalue weighted by Crippen LogP contribution is 2.43. The molecule has 0 radical (unpaired) electrons. The number of nitrogens with zero attached hydrogens (tertiary/aromatic N) is 2. The van der Waals surface area contributed by atoms with E-state index in [2.05, 4.69) is 64.2 Å². The van der Waals surface area contributed by atoms with Crippen LogP contribution in [0.2, 0.25) is 0 Å². The Kier molecular flexibility index (Phi) is 7.43. The molecule has 7 atom stereocenters. The number of aliphatic hydroxyl groups excluding tert-OH is 1.